The van der Waals surface area contributed by atoms with Crippen LogP contribution in [0, 0.1) is 5.92 Å². The third-order valence-corrected chi connectivity index (χ3v) is 5.38. The quantitative estimate of drug-likeness (QED) is 0.392. The van der Waals surface area contributed by atoms with Gasteiger partial charge in [-0.15, -0.1) is 0 Å². The van der Waals surface area contributed by atoms with Gasteiger partial charge in [0.2, 0.25) is 5.88 Å². The van der Waals surface area contributed by atoms with Gasteiger partial charge in [0, 0.05) is 44.9 Å². The van der Waals surface area contributed by atoms with E-state index in [0.717, 1.165) is 29.1 Å². The van der Waals surface area contributed by atoms with Crippen LogP contribution in [0.15, 0.2) is 54.6 Å². The first-order valence-corrected chi connectivity index (χ1v) is 11.8. The average Bonchev–Trinajstić information content (AvgIpc) is 3.12. The summed E-state index contributed by atoms with van der Waals surface area (Å²) in [6, 6.07) is 17.7. The van der Waals surface area contributed by atoms with Crippen LogP contribution in [-0.4, -0.2) is 59.3 Å². The zero-order chi connectivity index (χ0) is 24.5. The Labute approximate surface area is 202 Å². The minimum absolute atomic E-state index is 0.316. The van der Waals surface area contributed by atoms with Gasteiger partial charge < -0.3 is 19.3 Å². The van der Waals surface area contributed by atoms with Crippen LogP contribution >= 0.6 is 0 Å². The van der Waals surface area contributed by atoms with E-state index < -0.39 is 6.10 Å². The van der Waals surface area contributed by atoms with Crippen molar-refractivity contribution < 1.29 is 19.3 Å². The van der Waals surface area contributed by atoms with Crippen molar-refractivity contribution in [2.45, 2.75) is 33.4 Å². The van der Waals surface area contributed by atoms with Gasteiger partial charge in [-0.05, 0) is 25.0 Å². The highest BCUT2D eigenvalue weighted by Gasteiger charge is 2.24. The standard InChI is InChI=1S/C27H37N3O4/c1-6-33-19-22(31)17-30(16-20(2)3)18-25-26(21-11-8-7-9-12-21)28-29(4)27(25)34-24-14-10-13-23(15-24)32-5/h7-15,20,22,31H,6,16-19H2,1-5H3. The Kier molecular flexibility index (Phi) is 9.51. The molecule has 3 aromatic rings. The highest BCUT2D eigenvalue weighted by atomic mass is 16.5. The average molecular weight is 468 g/mol. The molecule has 0 aliphatic rings. The highest BCUT2D eigenvalue weighted by Crippen LogP contribution is 2.35. The van der Waals surface area contributed by atoms with E-state index in [1.54, 1.807) is 11.8 Å². The van der Waals surface area contributed by atoms with E-state index >= 15 is 0 Å². The number of rotatable bonds is 13. The maximum atomic E-state index is 10.6. The second-order valence-corrected chi connectivity index (χ2v) is 8.80. The fourth-order valence-electron chi connectivity index (χ4n) is 3.98. The number of aliphatic hydroxyl groups is 1. The first kappa shape index (κ1) is 25.7. The van der Waals surface area contributed by atoms with Crippen LogP contribution in [0.25, 0.3) is 11.3 Å². The molecule has 2 aromatic carbocycles. The Balaban J connectivity index is 1.98. The summed E-state index contributed by atoms with van der Waals surface area (Å²) in [5.74, 6) is 2.50. The number of ether oxygens (including phenoxy) is 3. The summed E-state index contributed by atoms with van der Waals surface area (Å²) >= 11 is 0. The summed E-state index contributed by atoms with van der Waals surface area (Å²) in [5.41, 5.74) is 2.86. The number of methoxy groups -OCH3 is 1. The van der Waals surface area contributed by atoms with E-state index in [2.05, 4.69) is 30.9 Å². The van der Waals surface area contributed by atoms with E-state index in [0.29, 0.717) is 43.9 Å². The molecule has 7 heteroatoms. The van der Waals surface area contributed by atoms with E-state index in [-0.39, 0.29) is 0 Å². The molecule has 0 saturated heterocycles. The Morgan fingerprint density at radius 3 is 2.44 bits per heavy atom. The fourth-order valence-corrected chi connectivity index (χ4v) is 3.98. The monoisotopic (exact) mass is 467 g/mol. The topological polar surface area (TPSA) is 69.0 Å². The minimum atomic E-state index is -0.571. The lowest BCUT2D eigenvalue weighted by Gasteiger charge is -2.27. The molecule has 1 N–H and O–H groups in total. The molecule has 184 valence electrons. The van der Waals surface area contributed by atoms with Gasteiger partial charge in [0.25, 0.3) is 0 Å². The maximum Gasteiger partial charge on any atom is 0.222 e. The third kappa shape index (κ3) is 7.06. The number of nitrogens with zero attached hydrogens (tertiary/aromatic N) is 3. The number of benzene rings is 2. The first-order valence-electron chi connectivity index (χ1n) is 11.8. The molecular weight excluding hydrogens is 430 g/mol. The van der Waals surface area contributed by atoms with E-state index in [9.17, 15) is 5.11 Å². The summed E-state index contributed by atoms with van der Waals surface area (Å²) in [4.78, 5) is 2.25. The van der Waals surface area contributed by atoms with Crippen molar-refractivity contribution in [1.82, 2.24) is 14.7 Å². The zero-order valence-corrected chi connectivity index (χ0v) is 20.9. The SMILES string of the molecule is CCOCC(O)CN(Cc1c(-c2ccccc2)nn(C)c1Oc1cccc(OC)c1)CC(C)C. The van der Waals surface area contributed by atoms with Crippen molar-refractivity contribution in [2.75, 3.05) is 33.4 Å². The van der Waals surface area contributed by atoms with Crippen LogP contribution in [0.2, 0.25) is 0 Å². The van der Waals surface area contributed by atoms with Crippen molar-refractivity contribution in [3.05, 3.63) is 60.2 Å². The highest BCUT2D eigenvalue weighted by molar-refractivity contribution is 5.65. The summed E-state index contributed by atoms with van der Waals surface area (Å²) in [6.45, 7) is 9.09. The van der Waals surface area contributed by atoms with Gasteiger partial charge >= 0.3 is 0 Å². The molecule has 0 aliphatic carbocycles. The molecule has 1 aromatic heterocycles. The second-order valence-electron chi connectivity index (χ2n) is 8.80. The molecule has 0 amide bonds. The smallest absolute Gasteiger partial charge is 0.222 e. The Bertz CT molecular complexity index is 1020. The van der Waals surface area contributed by atoms with Crippen LogP contribution in [0.1, 0.15) is 26.3 Å². The van der Waals surface area contributed by atoms with Gasteiger partial charge in [0.15, 0.2) is 0 Å². The summed E-state index contributed by atoms with van der Waals surface area (Å²) in [7, 11) is 3.53. The molecule has 0 saturated carbocycles. The molecule has 0 aliphatic heterocycles. The van der Waals surface area contributed by atoms with Crippen molar-refractivity contribution in [2.24, 2.45) is 13.0 Å². The van der Waals surface area contributed by atoms with Crippen molar-refractivity contribution in [1.29, 1.82) is 0 Å². The molecule has 7 nitrogen and oxygen atoms in total. The van der Waals surface area contributed by atoms with Crippen LogP contribution in [0.5, 0.6) is 17.4 Å². The second kappa shape index (κ2) is 12.6. The summed E-state index contributed by atoms with van der Waals surface area (Å²) < 4.78 is 19.0. The van der Waals surface area contributed by atoms with E-state index in [4.69, 9.17) is 19.3 Å². The van der Waals surface area contributed by atoms with Crippen molar-refractivity contribution >= 4 is 0 Å². The number of aliphatic hydroxyl groups excluding tert-OH is 1. The predicted octanol–water partition coefficient (Wildman–Crippen LogP) is 4.74. The van der Waals surface area contributed by atoms with Gasteiger partial charge in [-0.3, -0.25) is 4.90 Å². The van der Waals surface area contributed by atoms with Crippen LogP contribution in [0.3, 0.4) is 0 Å². The minimum Gasteiger partial charge on any atom is -0.497 e. The van der Waals surface area contributed by atoms with Crippen molar-refractivity contribution in [3.8, 4) is 28.6 Å². The first-order chi connectivity index (χ1) is 16.4. The molecular formula is C27H37N3O4. The third-order valence-electron chi connectivity index (χ3n) is 5.38. The lowest BCUT2D eigenvalue weighted by molar-refractivity contribution is 0.0174. The number of hydrogen-bond acceptors (Lipinski definition) is 6. The lowest BCUT2D eigenvalue weighted by Crippen LogP contribution is -2.37. The lowest BCUT2D eigenvalue weighted by atomic mass is 10.1. The van der Waals surface area contributed by atoms with Crippen molar-refractivity contribution in [3.63, 3.8) is 0 Å². The molecule has 3 rings (SSSR count). The maximum absolute atomic E-state index is 10.6. The molecule has 34 heavy (non-hydrogen) atoms. The van der Waals surface area contributed by atoms with Gasteiger partial charge in [0.1, 0.15) is 17.2 Å². The normalized spacial score (nSPS) is 12.4. The molecule has 1 atom stereocenters. The van der Waals surface area contributed by atoms with Crippen LogP contribution < -0.4 is 9.47 Å². The van der Waals surface area contributed by atoms with E-state index in [1.165, 1.54) is 0 Å². The zero-order valence-electron chi connectivity index (χ0n) is 20.9. The Morgan fingerprint density at radius 1 is 1.03 bits per heavy atom. The number of hydrogen-bond donors (Lipinski definition) is 1. The molecule has 1 unspecified atom stereocenters. The predicted molar refractivity (Wildman–Crippen MR) is 134 cm³/mol. The molecule has 0 fully saturated rings. The summed E-state index contributed by atoms with van der Waals surface area (Å²) in [6.07, 6.45) is -0.571. The largest absolute Gasteiger partial charge is 0.497 e. The molecule has 1 heterocycles. The molecule has 0 radical (unpaired) electrons. The van der Waals surface area contributed by atoms with Crippen LogP contribution in [0.4, 0.5) is 0 Å². The Hall–Kier alpha value is -2.87. The van der Waals surface area contributed by atoms with Gasteiger partial charge in [-0.25, -0.2) is 4.68 Å². The fraction of sp³-hybridized carbons (Fsp3) is 0.444. The van der Waals surface area contributed by atoms with E-state index in [1.807, 2.05) is 56.4 Å². The van der Waals surface area contributed by atoms with Gasteiger partial charge in [-0.1, -0.05) is 50.2 Å². The summed E-state index contributed by atoms with van der Waals surface area (Å²) in [5, 5.41) is 15.4. The number of aryl methyl sites for hydroxylation is 1. The molecule has 0 bridgehead atoms. The Morgan fingerprint density at radius 2 is 1.76 bits per heavy atom. The van der Waals surface area contributed by atoms with Crippen LogP contribution in [-0.2, 0) is 18.3 Å². The number of aromatic nitrogens is 2. The molecule has 0 spiro atoms. The van der Waals surface area contributed by atoms with Gasteiger partial charge in [-0.2, -0.15) is 5.10 Å². The van der Waals surface area contributed by atoms with Gasteiger partial charge in [0.05, 0.1) is 25.4 Å².